The Labute approximate surface area is 158 Å². The average Bonchev–Trinajstić information content (AvgIpc) is 3.13. The van der Waals surface area contributed by atoms with Crippen LogP contribution < -0.4 is 10.1 Å². The molecular formula is C21H23N3O3. The minimum Gasteiger partial charge on any atom is -0.481 e. The molecule has 1 heterocycles. The normalized spacial score (nSPS) is 11.9. The Kier molecular flexibility index (Phi) is 5.54. The second kappa shape index (κ2) is 8.03. The van der Waals surface area contributed by atoms with Crippen LogP contribution >= 0.6 is 0 Å². The molecule has 0 fully saturated rings. The summed E-state index contributed by atoms with van der Waals surface area (Å²) in [6.07, 6.45) is -0.638. The summed E-state index contributed by atoms with van der Waals surface area (Å²) >= 11 is 0. The largest absolute Gasteiger partial charge is 0.481 e. The van der Waals surface area contributed by atoms with Gasteiger partial charge in [-0.05, 0) is 50.5 Å². The van der Waals surface area contributed by atoms with Crippen molar-refractivity contribution in [3.63, 3.8) is 0 Å². The zero-order valence-corrected chi connectivity index (χ0v) is 15.9. The van der Waals surface area contributed by atoms with Crippen LogP contribution in [0.15, 0.2) is 47.0 Å². The Hall–Kier alpha value is -3.15. The lowest BCUT2D eigenvalue weighted by molar-refractivity contribution is -0.127. The maximum absolute atomic E-state index is 12.4. The number of amides is 1. The van der Waals surface area contributed by atoms with E-state index in [1.807, 2.05) is 57.2 Å². The summed E-state index contributed by atoms with van der Waals surface area (Å²) in [7, 11) is 0. The third-order valence-corrected chi connectivity index (χ3v) is 4.35. The number of carbonyl (C=O) groups excluding carboxylic acids is 1. The van der Waals surface area contributed by atoms with Crippen molar-refractivity contribution in [3.05, 3.63) is 65.0 Å². The zero-order valence-electron chi connectivity index (χ0n) is 15.9. The molecule has 27 heavy (non-hydrogen) atoms. The molecule has 0 aliphatic rings. The van der Waals surface area contributed by atoms with Crippen molar-refractivity contribution in [2.75, 3.05) is 0 Å². The number of rotatable bonds is 6. The van der Waals surface area contributed by atoms with E-state index in [0.29, 0.717) is 11.7 Å². The smallest absolute Gasteiger partial charge is 0.261 e. The van der Waals surface area contributed by atoms with Gasteiger partial charge in [-0.25, -0.2) is 0 Å². The van der Waals surface area contributed by atoms with Crippen molar-refractivity contribution in [1.82, 2.24) is 15.5 Å². The summed E-state index contributed by atoms with van der Waals surface area (Å²) in [4.78, 5) is 16.7. The van der Waals surface area contributed by atoms with Crippen molar-refractivity contribution in [2.24, 2.45) is 0 Å². The molecule has 1 aromatic heterocycles. The van der Waals surface area contributed by atoms with E-state index < -0.39 is 6.10 Å². The third kappa shape index (κ3) is 4.53. The Morgan fingerprint density at radius 1 is 1.19 bits per heavy atom. The van der Waals surface area contributed by atoms with Crippen LogP contribution in [0.25, 0.3) is 11.4 Å². The molecule has 6 nitrogen and oxygen atoms in total. The van der Waals surface area contributed by atoms with Gasteiger partial charge >= 0.3 is 0 Å². The molecule has 0 bridgehead atoms. The highest BCUT2D eigenvalue weighted by Crippen LogP contribution is 2.24. The van der Waals surface area contributed by atoms with Gasteiger partial charge in [-0.15, -0.1) is 0 Å². The summed E-state index contributed by atoms with van der Waals surface area (Å²) in [5.41, 5.74) is 4.13. The van der Waals surface area contributed by atoms with Crippen LogP contribution in [0.4, 0.5) is 0 Å². The number of hydrogen-bond acceptors (Lipinski definition) is 5. The van der Waals surface area contributed by atoms with Gasteiger partial charge in [0.2, 0.25) is 11.7 Å². The number of nitrogens with one attached hydrogen (secondary N) is 1. The molecule has 0 saturated carbocycles. The van der Waals surface area contributed by atoms with Gasteiger partial charge in [-0.1, -0.05) is 41.6 Å². The van der Waals surface area contributed by atoms with E-state index >= 15 is 0 Å². The first-order valence-corrected chi connectivity index (χ1v) is 8.84. The average molecular weight is 365 g/mol. The van der Waals surface area contributed by atoms with Gasteiger partial charge in [-0.2, -0.15) is 4.98 Å². The topological polar surface area (TPSA) is 77.2 Å². The Morgan fingerprint density at radius 3 is 2.67 bits per heavy atom. The zero-order chi connectivity index (χ0) is 19.4. The van der Waals surface area contributed by atoms with E-state index in [0.717, 1.165) is 28.0 Å². The SMILES string of the molecule is Cc1cc(C)c(C)c(O[C@@H](C)C(=O)NCc2nc(-c3ccccc3)no2)c1. The molecule has 3 rings (SSSR count). The number of nitrogens with zero attached hydrogens (tertiary/aromatic N) is 2. The number of aromatic nitrogens is 2. The van der Waals surface area contributed by atoms with Gasteiger partial charge < -0.3 is 14.6 Å². The summed E-state index contributed by atoms with van der Waals surface area (Å²) in [5, 5.41) is 6.71. The summed E-state index contributed by atoms with van der Waals surface area (Å²) in [6, 6.07) is 13.6. The molecule has 0 unspecified atom stereocenters. The lowest BCUT2D eigenvalue weighted by atomic mass is 10.1. The first-order chi connectivity index (χ1) is 12.9. The molecule has 140 valence electrons. The Morgan fingerprint density at radius 2 is 1.93 bits per heavy atom. The maximum atomic E-state index is 12.4. The number of aryl methyl sites for hydroxylation is 2. The molecule has 0 aliphatic heterocycles. The van der Waals surface area contributed by atoms with Crippen LogP contribution in [-0.4, -0.2) is 22.2 Å². The van der Waals surface area contributed by atoms with Crippen LogP contribution in [0.1, 0.15) is 29.5 Å². The number of benzene rings is 2. The third-order valence-electron chi connectivity index (χ3n) is 4.35. The van der Waals surface area contributed by atoms with Crippen LogP contribution in [0.2, 0.25) is 0 Å². The van der Waals surface area contributed by atoms with Gasteiger partial charge in [-0.3, -0.25) is 4.79 Å². The Balaban J connectivity index is 1.59. The molecule has 1 amide bonds. The monoisotopic (exact) mass is 365 g/mol. The lowest BCUT2D eigenvalue weighted by Gasteiger charge is -2.17. The standard InChI is InChI=1S/C21H23N3O3/c1-13-10-14(2)15(3)18(11-13)26-16(4)21(25)22-12-19-23-20(24-27-19)17-8-6-5-7-9-17/h5-11,16H,12H2,1-4H3,(H,22,25)/t16-/m0/s1. The minimum atomic E-state index is -0.638. The molecule has 1 N–H and O–H groups in total. The fraction of sp³-hybridized carbons (Fsp3) is 0.286. The maximum Gasteiger partial charge on any atom is 0.261 e. The van der Waals surface area contributed by atoms with Crippen molar-refractivity contribution >= 4 is 5.91 Å². The van der Waals surface area contributed by atoms with Crippen molar-refractivity contribution in [3.8, 4) is 17.1 Å². The highest BCUT2D eigenvalue weighted by Gasteiger charge is 2.17. The van der Waals surface area contributed by atoms with Crippen LogP contribution in [0.5, 0.6) is 5.75 Å². The van der Waals surface area contributed by atoms with Gasteiger partial charge in [0, 0.05) is 5.56 Å². The molecule has 6 heteroatoms. The van der Waals surface area contributed by atoms with Gasteiger partial charge in [0.25, 0.3) is 5.91 Å². The number of ether oxygens (including phenoxy) is 1. The molecule has 0 saturated heterocycles. The van der Waals surface area contributed by atoms with Crippen molar-refractivity contribution in [1.29, 1.82) is 0 Å². The molecule has 0 spiro atoms. The van der Waals surface area contributed by atoms with Gasteiger partial charge in [0.15, 0.2) is 6.10 Å². The highest BCUT2D eigenvalue weighted by atomic mass is 16.5. The van der Waals surface area contributed by atoms with E-state index in [1.54, 1.807) is 6.92 Å². The van der Waals surface area contributed by atoms with Gasteiger partial charge in [0.05, 0.1) is 6.54 Å². The van der Waals surface area contributed by atoms with E-state index in [1.165, 1.54) is 0 Å². The van der Waals surface area contributed by atoms with Crippen LogP contribution in [0.3, 0.4) is 0 Å². The molecule has 0 aliphatic carbocycles. The lowest BCUT2D eigenvalue weighted by Crippen LogP contribution is -2.36. The first kappa shape index (κ1) is 18.6. The highest BCUT2D eigenvalue weighted by molar-refractivity contribution is 5.80. The first-order valence-electron chi connectivity index (χ1n) is 8.84. The van der Waals surface area contributed by atoms with E-state index in [4.69, 9.17) is 9.26 Å². The molecule has 0 radical (unpaired) electrons. The molecule has 2 aromatic carbocycles. The van der Waals surface area contributed by atoms with Crippen LogP contribution in [-0.2, 0) is 11.3 Å². The summed E-state index contributed by atoms with van der Waals surface area (Å²) < 4.78 is 11.1. The fourth-order valence-electron chi connectivity index (χ4n) is 2.70. The van der Waals surface area contributed by atoms with E-state index in [2.05, 4.69) is 21.5 Å². The summed E-state index contributed by atoms with van der Waals surface area (Å²) in [6.45, 7) is 7.88. The predicted octanol–water partition coefficient (Wildman–Crippen LogP) is 3.75. The fourth-order valence-corrected chi connectivity index (χ4v) is 2.70. The van der Waals surface area contributed by atoms with Gasteiger partial charge in [0.1, 0.15) is 5.75 Å². The number of hydrogen-bond donors (Lipinski definition) is 1. The van der Waals surface area contributed by atoms with Crippen molar-refractivity contribution < 1.29 is 14.1 Å². The second-order valence-electron chi connectivity index (χ2n) is 6.56. The van der Waals surface area contributed by atoms with E-state index in [9.17, 15) is 4.79 Å². The minimum absolute atomic E-state index is 0.151. The number of carbonyl (C=O) groups is 1. The molecule has 3 aromatic rings. The Bertz CT molecular complexity index is 935. The van der Waals surface area contributed by atoms with Crippen molar-refractivity contribution in [2.45, 2.75) is 40.3 Å². The second-order valence-corrected chi connectivity index (χ2v) is 6.56. The van der Waals surface area contributed by atoms with Crippen LogP contribution in [0, 0.1) is 20.8 Å². The quantitative estimate of drug-likeness (QED) is 0.720. The van der Waals surface area contributed by atoms with E-state index in [-0.39, 0.29) is 12.5 Å². The molecular weight excluding hydrogens is 342 g/mol. The predicted molar refractivity (Wildman–Crippen MR) is 102 cm³/mol. The summed E-state index contributed by atoms with van der Waals surface area (Å²) in [5.74, 6) is 1.32. The molecule has 1 atom stereocenters.